The highest BCUT2D eigenvalue weighted by atomic mass is 35.5. The SMILES string of the molecule is CCc1cnc(NC(=O)[C@H](N)C(C)C)s1.Cl. The van der Waals surface area contributed by atoms with Crippen LogP contribution in [0.3, 0.4) is 0 Å². The number of aryl methyl sites for hydroxylation is 1. The fraction of sp³-hybridized carbons (Fsp3) is 0.600. The number of hydrogen-bond donors (Lipinski definition) is 2. The van der Waals surface area contributed by atoms with Gasteiger partial charge in [-0.25, -0.2) is 4.98 Å². The van der Waals surface area contributed by atoms with Crippen LogP contribution in [0.25, 0.3) is 0 Å². The summed E-state index contributed by atoms with van der Waals surface area (Å²) in [6.07, 6.45) is 2.71. The van der Waals surface area contributed by atoms with E-state index >= 15 is 0 Å². The molecule has 0 radical (unpaired) electrons. The molecule has 0 saturated carbocycles. The maximum absolute atomic E-state index is 11.6. The molecule has 4 nitrogen and oxygen atoms in total. The number of nitrogens with one attached hydrogen (secondary N) is 1. The summed E-state index contributed by atoms with van der Waals surface area (Å²) in [4.78, 5) is 16.8. The lowest BCUT2D eigenvalue weighted by Crippen LogP contribution is -2.39. The normalized spacial score (nSPS) is 12.1. The number of thiazole rings is 1. The number of carbonyl (C=O) groups is 1. The van der Waals surface area contributed by atoms with Crippen molar-refractivity contribution >= 4 is 34.8 Å². The monoisotopic (exact) mass is 263 g/mol. The van der Waals surface area contributed by atoms with Gasteiger partial charge < -0.3 is 11.1 Å². The molecule has 0 saturated heterocycles. The van der Waals surface area contributed by atoms with Crippen molar-refractivity contribution in [2.45, 2.75) is 33.2 Å². The van der Waals surface area contributed by atoms with Crippen LogP contribution in [0.15, 0.2) is 6.20 Å². The largest absolute Gasteiger partial charge is 0.320 e. The van der Waals surface area contributed by atoms with Crippen LogP contribution in [0.4, 0.5) is 5.13 Å². The van der Waals surface area contributed by atoms with E-state index in [0.29, 0.717) is 5.13 Å². The Morgan fingerprint density at radius 1 is 1.62 bits per heavy atom. The van der Waals surface area contributed by atoms with E-state index in [1.165, 1.54) is 11.3 Å². The Kier molecular flexibility index (Phi) is 6.55. The molecule has 1 amide bonds. The van der Waals surface area contributed by atoms with E-state index in [2.05, 4.69) is 17.2 Å². The van der Waals surface area contributed by atoms with Gasteiger partial charge in [-0.05, 0) is 12.3 Å². The topological polar surface area (TPSA) is 68.0 Å². The van der Waals surface area contributed by atoms with Crippen LogP contribution in [0.1, 0.15) is 25.6 Å². The minimum absolute atomic E-state index is 0. The Labute approximate surface area is 106 Å². The number of anilines is 1. The Balaban J connectivity index is 0.00000225. The van der Waals surface area contributed by atoms with Gasteiger partial charge in [-0.2, -0.15) is 0 Å². The van der Waals surface area contributed by atoms with Crippen LogP contribution in [-0.4, -0.2) is 16.9 Å². The zero-order valence-electron chi connectivity index (χ0n) is 9.69. The van der Waals surface area contributed by atoms with Gasteiger partial charge >= 0.3 is 0 Å². The summed E-state index contributed by atoms with van der Waals surface area (Å²) in [5.74, 6) is -0.0300. The smallest absolute Gasteiger partial charge is 0.243 e. The molecule has 1 aromatic heterocycles. The molecule has 16 heavy (non-hydrogen) atoms. The van der Waals surface area contributed by atoms with Crippen molar-refractivity contribution in [3.05, 3.63) is 11.1 Å². The van der Waals surface area contributed by atoms with Crippen molar-refractivity contribution in [3.8, 4) is 0 Å². The number of amides is 1. The van der Waals surface area contributed by atoms with E-state index in [1.54, 1.807) is 6.20 Å². The molecule has 1 rings (SSSR count). The lowest BCUT2D eigenvalue weighted by Gasteiger charge is -2.13. The predicted molar refractivity (Wildman–Crippen MR) is 70.2 cm³/mol. The van der Waals surface area contributed by atoms with Crippen LogP contribution >= 0.6 is 23.7 Å². The quantitative estimate of drug-likeness (QED) is 0.874. The molecule has 3 N–H and O–H groups in total. The average molecular weight is 264 g/mol. The Morgan fingerprint density at radius 3 is 2.69 bits per heavy atom. The van der Waals surface area contributed by atoms with Crippen LogP contribution in [-0.2, 0) is 11.2 Å². The van der Waals surface area contributed by atoms with Gasteiger partial charge in [-0.1, -0.05) is 20.8 Å². The fourth-order valence-electron chi connectivity index (χ4n) is 1.02. The lowest BCUT2D eigenvalue weighted by molar-refractivity contribution is -0.118. The first-order valence-corrected chi connectivity index (χ1v) is 5.87. The third-order valence-corrected chi connectivity index (χ3v) is 3.21. The maximum Gasteiger partial charge on any atom is 0.243 e. The van der Waals surface area contributed by atoms with Crippen LogP contribution < -0.4 is 11.1 Å². The standard InChI is InChI=1S/C10H17N3OS.ClH/c1-4-7-5-12-10(15-7)13-9(14)8(11)6(2)3;/h5-6,8H,4,11H2,1-3H3,(H,12,13,14);1H/t8-;/m1./s1. The zero-order chi connectivity index (χ0) is 11.4. The summed E-state index contributed by atoms with van der Waals surface area (Å²) >= 11 is 1.49. The van der Waals surface area contributed by atoms with E-state index in [9.17, 15) is 4.79 Å². The van der Waals surface area contributed by atoms with Gasteiger partial charge in [0, 0.05) is 11.1 Å². The molecule has 1 aromatic rings. The molecular weight excluding hydrogens is 246 g/mol. The highest BCUT2D eigenvalue weighted by molar-refractivity contribution is 7.15. The van der Waals surface area contributed by atoms with E-state index in [-0.39, 0.29) is 24.2 Å². The van der Waals surface area contributed by atoms with Gasteiger partial charge in [0.2, 0.25) is 5.91 Å². The number of aromatic nitrogens is 1. The van der Waals surface area contributed by atoms with Crippen molar-refractivity contribution < 1.29 is 4.79 Å². The molecule has 1 atom stereocenters. The highest BCUT2D eigenvalue weighted by Crippen LogP contribution is 2.18. The molecule has 92 valence electrons. The molecule has 0 spiro atoms. The first-order valence-electron chi connectivity index (χ1n) is 5.05. The summed E-state index contributed by atoms with van der Waals surface area (Å²) in [5.41, 5.74) is 5.71. The van der Waals surface area contributed by atoms with E-state index < -0.39 is 6.04 Å². The highest BCUT2D eigenvalue weighted by Gasteiger charge is 2.18. The second-order valence-electron chi connectivity index (χ2n) is 3.74. The average Bonchev–Trinajstić information content (AvgIpc) is 2.64. The van der Waals surface area contributed by atoms with Crippen molar-refractivity contribution in [1.29, 1.82) is 0 Å². The van der Waals surface area contributed by atoms with Crippen molar-refractivity contribution in [3.63, 3.8) is 0 Å². The number of nitrogens with two attached hydrogens (primary N) is 1. The third kappa shape index (κ3) is 4.08. The Hall–Kier alpha value is -0.650. The van der Waals surface area contributed by atoms with Crippen LogP contribution in [0.5, 0.6) is 0 Å². The Morgan fingerprint density at radius 2 is 2.25 bits per heavy atom. The summed E-state index contributed by atoms with van der Waals surface area (Å²) in [7, 11) is 0. The number of rotatable bonds is 4. The minimum Gasteiger partial charge on any atom is -0.320 e. The van der Waals surface area contributed by atoms with E-state index in [4.69, 9.17) is 5.73 Å². The van der Waals surface area contributed by atoms with Gasteiger partial charge in [0.05, 0.1) is 6.04 Å². The fourth-order valence-corrected chi connectivity index (χ4v) is 1.78. The molecule has 1 heterocycles. The van der Waals surface area contributed by atoms with Crippen molar-refractivity contribution in [2.75, 3.05) is 5.32 Å². The molecule has 0 aliphatic heterocycles. The lowest BCUT2D eigenvalue weighted by atomic mass is 10.1. The summed E-state index contributed by atoms with van der Waals surface area (Å²) < 4.78 is 0. The molecule has 6 heteroatoms. The number of halogens is 1. The first kappa shape index (κ1) is 15.3. The number of nitrogens with zero attached hydrogens (tertiary/aromatic N) is 1. The molecule has 0 aromatic carbocycles. The van der Waals surface area contributed by atoms with Crippen LogP contribution in [0.2, 0.25) is 0 Å². The molecule has 0 aliphatic carbocycles. The van der Waals surface area contributed by atoms with Gasteiger partial charge in [0.25, 0.3) is 0 Å². The maximum atomic E-state index is 11.6. The summed E-state index contributed by atoms with van der Waals surface area (Å²) in [6, 6.07) is -0.473. The second kappa shape index (κ2) is 6.83. The van der Waals surface area contributed by atoms with Gasteiger partial charge in [0.15, 0.2) is 5.13 Å². The molecule has 0 unspecified atom stereocenters. The van der Waals surface area contributed by atoms with Crippen molar-refractivity contribution in [1.82, 2.24) is 4.98 Å². The zero-order valence-corrected chi connectivity index (χ0v) is 11.3. The molecule has 0 bridgehead atoms. The van der Waals surface area contributed by atoms with Gasteiger partial charge in [-0.15, -0.1) is 23.7 Å². The van der Waals surface area contributed by atoms with E-state index in [0.717, 1.165) is 11.3 Å². The summed E-state index contributed by atoms with van der Waals surface area (Å²) in [5, 5.41) is 3.35. The molecule has 0 fully saturated rings. The second-order valence-corrected chi connectivity index (χ2v) is 4.86. The first-order chi connectivity index (χ1) is 7.04. The van der Waals surface area contributed by atoms with Crippen molar-refractivity contribution in [2.24, 2.45) is 11.7 Å². The number of hydrogen-bond acceptors (Lipinski definition) is 4. The predicted octanol–water partition coefficient (Wildman–Crippen LogP) is 2.05. The van der Waals surface area contributed by atoms with Crippen LogP contribution in [0, 0.1) is 5.92 Å². The molecule has 0 aliphatic rings. The minimum atomic E-state index is -0.473. The third-order valence-electron chi connectivity index (χ3n) is 2.15. The van der Waals surface area contributed by atoms with Gasteiger partial charge in [-0.3, -0.25) is 4.79 Å². The summed E-state index contributed by atoms with van der Waals surface area (Å²) in [6.45, 7) is 5.89. The van der Waals surface area contributed by atoms with Gasteiger partial charge in [0.1, 0.15) is 0 Å². The van der Waals surface area contributed by atoms with E-state index in [1.807, 2.05) is 13.8 Å². The Bertz CT molecular complexity index is 341. The molecular formula is C10H18ClN3OS. The number of carbonyl (C=O) groups excluding carboxylic acids is 1.